The number of oxime groups is 1. The van der Waals surface area contributed by atoms with E-state index in [1.165, 1.54) is 29.2 Å². The summed E-state index contributed by atoms with van der Waals surface area (Å²) in [7, 11) is 0. The van der Waals surface area contributed by atoms with Crippen molar-refractivity contribution in [2.45, 2.75) is 69.3 Å². The number of benzene rings is 3. The number of aliphatic hydroxyl groups excluding tert-OH is 3. The Hall–Kier alpha value is -5.58. The highest BCUT2D eigenvalue weighted by molar-refractivity contribution is 6.03. The molecular weight excluding hydrogens is 811 g/mol. The summed E-state index contributed by atoms with van der Waals surface area (Å²) in [5.41, 5.74) is 3.07. The number of unbranched alkanes of at least 4 members (excludes halogenated alkanes) is 2. The molecule has 338 valence electrons. The lowest BCUT2D eigenvalue weighted by Crippen LogP contribution is -2.70. The van der Waals surface area contributed by atoms with Crippen LogP contribution in [0.15, 0.2) is 115 Å². The summed E-state index contributed by atoms with van der Waals surface area (Å²) in [6, 6.07) is 19.6. The van der Waals surface area contributed by atoms with Crippen LogP contribution in [0.3, 0.4) is 0 Å². The molecular formula is C48H59N3O12. The number of ether oxygens (including phenoxy) is 5. The van der Waals surface area contributed by atoms with E-state index >= 15 is 0 Å². The number of carbonyl (C=O) groups is 1. The molecule has 6 unspecified atom stereocenters. The molecule has 6 rings (SSSR count). The summed E-state index contributed by atoms with van der Waals surface area (Å²) >= 11 is 0. The zero-order valence-corrected chi connectivity index (χ0v) is 35.6. The van der Waals surface area contributed by atoms with Crippen molar-refractivity contribution in [3.05, 3.63) is 131 Å². The Morgan fingerprint density at radius 3 is 2.35 bits per heavy atom. The molecule has 15 nitrogen and oxygen atoms in total. The SMILES string of the molecule is C=CCOc1ccc2c(c1)C1C(CCCCO)C(CCCCO)C=C3C(=NOCc4ccccc4)CC(N(CCOCCO)C(=O)Oc4ccc([N+](=O)[O-])cc4)C(OCC=C)(O2)C31. The van der Waals surface area contributed by atoms with Gasteiger partial charge in [-0.15, -0.1) is 6.58 Å². The van der Waals surface area contributed by atoms with E-state index in [4.69, 9.17) is 33.7 Å². The fourth-order valence-electron chi connectivity index (χ4n) is 9.15. The highest BCUT2D eigenvalue weighted by Gasteiger charge is 2.65. The van der Waals surface area contributed by atoms with Crippen molar-refractivity contribution in [3.8, 4) is 17.2 Å². The molecule has 1 heterocycles. The lowest BCUT2D eigenvalue weighted by atomic mass is 9.55. The van der Waals surface area contributed by atoms with E-state index < -0.39 is 28.8 Å². The molecule has 3 aromatic rings. The average molecular weight is 870 g/mol. The van der Waals surface area contributed by atoms with Crippen molar-refractivity contribution >= 4 is 17.5 Å². The van der Waals surface area contributed by atoms with Crippen LogP contribution in [0.1, 0.15) is 62.0 Å². The average Bonchev–Trinajstić information content (AvgIpc) is 3.29. The van der Waals surface area contributed by atoms with Crippen molar-refractivity contribution in [2.75, 3.05) is 52.8 Å². The quantitative estimate of drug-likeness (QED) is 0.0329. The van der Waals surface area contributed by atoms with Gasteiger partial charge in [-0.2, -0.15) is 0 Å². The number of amides is 1. The van der Waals surface area contributed by atoms with Crippen molar-refractivity contribution in [3.63, 3.8) is 0 Å². The minimum atomic E-state index is -1.59. The number of nitro groups is 1. The molecule has 1 amide bonds. The van der Waals surface area contributed by atoms with Gasteiger partial charge in [-0.3, -0.25) is 15.0 Å². The zero-order valence-electron chi connectivity index (χ0n) is 35.6. The number of aliphatic hydroxyl groups is 3. The smallest absolute Gasteiger partial charge is 0.415 e. The second-order valence-corrected chi connectivity index (χ2v) is 15.8. The van der Waals surface area contributed by atoms with Crippen LogP contribution < -0.4 is 14.2 Å². The molecule has 0 bridgehead atoms. The van der Waals surface area contributed by atoms with Crippen LogP contribution in [0.5, 0.6) is 17.2 Å². The number of allylic oxidation sites excluding steroid dienone is 1. The summed E-state index contributed by atoms with van der Waals surface area (Å²) in [5.74, 6) is -1.25. The van der Waals surface area contributed by atoms with Crippen LogP contribution in [0, 0.1) is 27.9 Å². The highest BCUT2D eigenvalue weighted by atomic mass is 16.7. The molecule has 0 spiro atoms. The third kappa shape index (κ3) is 11.3. The first kappa shape index (κ1) is 46.9. The van der Waals surface area contributed by atoms with E-state index in [1.54, 1.807) is 12.2 Å². The summed E-state index contributed by atoms with van der Waals surface area (Å²) < 4.78 is 32.1. The topological polar surface area (TPSA) is 192 Å². The molecule has 15 heteroatoms. The summed E-state index contributed by atoms with van der Waals surface area (Å²) in [6.45, 7) is 8.22. The van der Waals surface area contributed by atoms with E-state index in [0.29, 0.717) is 30.1 Å². The number of nitrogens with zero attached hydrogens (tertiary/aromatic N) is 3. The van der Waals surface area contributed by atoms with Crippen LogP contribution in [-0.2, 0) is 20.9 Å². The van der Waals surface area contributed by atoms with Gasteiger partial charge < -0.3 is 43.8 Å². The predicted octanol–water partition coefficient (Wildman–Crippen LogP) is 7.50. The van der Waals surface area contributed by atoms with Gasteiger partial charge in [0.1, 0.15) is 36.5 Å². The van der Waals surface area contributed by atoms with E-state index in [2.05, 4.69) is 19.2 Å². The Labute approximate surface area is 368 Å². The Kier molecular flexibility index (Phi) is 17.3. The van der Waals surface area contributed by atoms with Crippen molar-refractivity contribution in [1.29, 1.82) is 0 Å². The second-order valence-electron chi connectivity index (χ2n) is 15.8. The van der Waals surface area contributed by atoms with Crippen molar-refractivity contribution in [1.82, 2.24) is 4.90 Å². The molecule has 0 aromatic heterocycles. The zero-order chi connectivity index (χ0) is 44.6. The molecule has 6 atom stereocenters. The minimum absolute atomic E-state index is 0.00897. The number of carbonyl (C=O) groups excluding carboxylic acids is 1. The number of fused-ring (bicyclic) bond motifs is 2. The summed E-state index contributed by atoms with van der Waals surface area (Å²) in [5, 5.41) is 45.7. The first-order valence-corrected chi connectivity index (χ1v) is 21.7. The monoisotopic (exact) mass is 869 g/mol. The number of hydrogen-bond donors (Lipinski definition) is 3. The number of non-ortho nitro benzene ring substituents is 1. The Balaban J connectivity index is 1.57. The third-order valence-electron chi connectivity index (χ3n) is 11.8. The first-order chi connectivity index (χ1) is 30.8. The summed E-state index contributed by atoms with van der Waals surface area (Å²) in [6.07, 6.45) is 9.14. The van der Waals surface area contributed by atoms with E-state index in [1.807, 2.05) is 48.5 Å². The Morgan fingerprint density at radius 2 is 1.65 bits per heavy atom. The van der Waals surface area contributed by atoms with Gasteiger partial charge in [0, 0.05) is 49.8 Å². The van der Waals surface area contributed by atoms with Gasteiger partial charge in [0.25, 0.3) is 5.69 Å². The van der Waals surface area contributed by atoms with Crippen LogP contribution in [0.25, 0.3) is 0 Å². The molecule has 3 N–H and O–H groups in total. The first-order valence-electron chi connectivity index (χ1n) is 21.7. The van der Waals surface area contributed by atoms with E-state index in [0.717, 1.165) is 42.4 Å². The van der Waals surface area contributed by atoms with Crippen molar-refractivity contribution < 1.29 is 53.6 Å². The van der Waals surface area contributed by atoms with Gasteiger partial charge in [0.2, 0.25) is 5.79 Å². The fraction of sp³-hybridized carbons (Fsp3) is 0.458. The van der Waals surface area contributed by atoms with Gasteiger partial charge in [-0.25, -0.2) is 4.79 Å². The second kappa shape index (κ2) is 23.2. The summed E-state index contributed by atoms with van der Waals surface area (Å²) in [4.78, 5) is 33.3. The molecule has 1 aliphatic heterocycles. The van der Waals surface area contributed by atoms with Crippen molar-refractivity contribution in [2.24, 2.45) is 22.9 Å². The van der Waals surface area contributed by atoms with E-state index in [9.17, 15) is 30.2 Å². The lowest BCUT2D eigenvalue weighted by molar-refractivity contribution is -0.384. The highest BCUT2D eigenvalue weighted by Crippen LogP contribution is 2.62. The standard InChI is InChI=1S/C48H59N3O12/c1-3-26-59-38-20-21-43-41(31-38)45-39(15-9-11-24-53)35(14-8-10-23-52)30-40-42(49-61-33-34-12-6-5-7-13-34)32-44(48(63-43,46(40)45)60-27-4-2)50(22-28-58-29-25-54)47(55)62-37-18-16-36(17-19-37)51(56)57/h3-7,12-13,16-21,30-31,35,39,44-46,52-54H,1-2,8-11,14-15,22-29,32-33H2. The maximum atomic E-state index is 14.7. The number of hydrogen-bond acceptors (Lipinski definition) is 13. The van der Waals surface area contributed by atoms with Gasteiger partial charge >= 0.3 is 6.09 Å². The maximum Gasteiger partial charge on any atom is 0.415 e. The molecule has 1 fully saturated rings. The van der Waals surface area contributed by atoms with Crippen LogP contribution >= 0.6 is 0 Å². The normalized spacial score (nSPS) is 22.7. The molecule has 3 aromatic carbocycles. The molecule has 63 heavy (non-hydrogen) atoms. The molecule has 3 aliphatic rings. The Bertz CT molecular complexity index is 2040. The van der Waals surface area contributed by atoms with Gasteiger partial charge in [0.15, 0.2) is 0 Å². The molecule has 0 saturated heterocycles. The largest absolute Gasteiger partial charge is 0.490 e. The fourth-order valence-corrected chi connectivity index (χ4v) is 9.15. The van der Waals surface area contributed by atoms with Gasteiger partial charge in [-0.05, 0) is 79.0 Å². The van der Waals surface area contributed by atoms with Gasteiger partial charge in [-0.1, -0.05) is 73.1 Å². The van der Waals surface area contributed by atoms with Gasteiger partial charge in [0.05, 0.1) is 43.0 Å². The third-order valence-corrected chi connectivity index (χ3v) is 11.8. The molecule has 0 radical (unpaired) electrons. The predicted molar refractivity (Wildman–Crippen MR) is 236 cm³/mol. The van der Waals surface area contributed by atoms with Crippen LogP contribution in [0.4, 0.5) is 10.5 Å². The maximum absolute atomic E-state index is 14.7. The number of rotatable bonds is 25. The van der Waals surface area contributed by atoms with E-state index in [-0.39, 0.29) is 95.0 Å². The molecule has 1 saturated carbocycles. The lowest BCUT2D eigenvalue weighted by Gasteiger charge is -2.59. The number of nitro benzene ring substituents is 1. The van der Waals surface area contributed by atoms with Crippen LogP contribution in [0.2, 0.25) is 0 Å². The minimum Gasteiger partial charge on any atom is -0.490 e. The Morgan fingerprint density at radius 1 is 0.921 bits per heavy atom. The van der Waals surface area contributed by atoms with Crippen LogP contribution in [-0.4, -0.2) is 102 Å². The molecule has 2 aliphatic carbocycles.